The van der Waals surface area contributed by atoms with Crippen LogP contribution < -0.4 is 16.8 Å². The van der Waals surface area contributed by atoms with Crippen LogP contribution in [-0.4, -0.2) is 43.2 Å². The summed E-state index contributed by atoms with van der Waals surface area (Å²) in [6.45, 7) is 5.79. The number of rotatable bonds is 6. The van der Waals surface area contributed by atoms with E-state index < -0.39 is 0 Å². The highest BCUT2D eigenvalue weighted by Gasteiger charge is 2.14. The Morgan fingerprint density at radius 3 is 2.46 bits per heavy atom. The van der Waals surface area contributed by atoms with E-state index in [9.17, 15) is 4.79 Å². The molecule has 0 aromatic carbocycles. The fourth-order valence-corrected chi connectivity index (χ4v) is 1.17. The summed E-state index contributed by atoms with van der Waals surface area (Å²) in [6.07, 6.45) is 0.00426. The molecular formula is C8H20N4O. The second-order valence-corrected chi connectivity index (χ2v) is 2.92. The molecule has 0 spiro atoms. The summed E-state index contributed by atoms with van der Waals surface area (Å²) >= 11 is 0. The summed E-state index contributed by atoms with van der Waals surface area (Å²) in [4.78, 5) is 12.8. The minimum absolute atomic E-state index is 0.00426. The summed E-state index contributed by atoms with van der Waals surface area (Å²) in [5.74, 6) is 0.0301. The third kappa shape index (κ3) is 4.82. The van der Waals surface area contributed by atoms with Crippen molar-refractivity contribution >= 4 is 5.91 Å². The number of nitrogens with two attached hydrogens (primary N) is 2. The van der Waals surface area contributed by atoms with Crippen molar-refractivity contribution in [3.8, 4) is 0 Å². The van der Waals surface area contributed by atoms with Gasteiger partial charge >= 0.3 is 0 Å². The second kappa shape index (κ2) is 6.82. The maximum Gasteiger partial charge on any atom is 0.220 e. The average molecular weight is 188 g/mol. The Labute approximate surface area is 79.4 Å². The number of carbonyl (C=O) groups is 1. The third-order valence-electron chi connectivity index (χ3n) is 1.83. The number of nitrogens with one attached hydrogen (secondary N) is 1. The van der Waals surface area contributed by atoms with Crippen molar-refractivity contribution in [2.24, 2.45) is 11.5 Å². The number of amides is 1. The van der Waals surface area contributed by atoms with E-state index >= 15 is 0 Å². The fourth-order valence-electron chi connectivity index (χ4n) is 1.17. The molecule has 5 nitrogen and oxygen atoms in total. The molecule has 0 aromatic heterocycles. The number of hydrogen-bond acceptors (Lipinski definition) is 4. The molecule has 0 aliphatic rings. The van der Waals surface area contributed by atoms with E-state index in [0.717, 1.165) is 0 Å². The lowest BCUT2D eigenvalue weighted by Crippen LogP contribution is -2.49. The van der Waals surface area contributed by atoms with Gasteiger partial charge in [-0.05, 0) is 6.92 Å². The second-order valence-electron chi connectivity index (χ2n) is 2.92. The van der Waals surface area contributed by atoms with E-state index in [4.69, 9.17) is 11.5 Å². The molecule has 1 amide bonds. The smallest absolute Gasteiger partial charge is 0.220 e. The molecule has 78 valence electrons. The molecule has 0 aliphatic carbocycles. The van der Waals surface area contributed by atoms with Gasteiger partial charge in [0.15, 0.2) is 0 Å². The van der Waals surface area contributed by atoms with Crippen LogP contribution >= 0.6 is 0 Å². The summed E-state index contributed by atoms with van der Waals surface area (Å²) in [7, 11) is 0. The molecule has 0 bridgehead atoms. The van der Waals surface area contributed by atoms with Gasteiger partial charge in [-0.3, -0.25) is 10.1 Å². The van der Waals surface area contributed by atoms with Crippen LogP contribution in [0.5, 0.6) is 0 Å². The van der Waals surface area contributed by atoms with Crippen molar-refractivity contribution in [3.63, 3.8) is 0 Å². The highest BCUT2D eigenvalue weighted by molar-refractivity contribution is 5.73. The van der Waals surface area contributed by atoms with Crippen molar-refractivity contribution in [3.05, 3.63) is 0 Å². The molecule has 0 fully saturated rings. The van der Waals surface area contributed by atoms with Crippen molar-refractivity contribution in [1.82, 2.24) is 10.2 Å². The molecule has 0 radical (unpaired) electrons. The van der Waals surface area contributed by atoms with Gasteiger partial charge in [-0.2, -0.15) is 0 Å². The Hall–Kier alpha value is -0.650. The highest BCUT2D eigenvalue weighted by atomic mass is 16.2. The summed E-state index contributed by atoms with van der Waals surface area (Å²) < 4.78 is 0. The van der Waals surface area contributed by atoms with Crippen LogP contribution in [0, 0.1) is 0 Å². The lowest BCUT2D eigenvalue weighted by atomic mass is 10.4. The van der Waals surface area contributed by atoms with Crippen molar-refractivity contribution in [2.45, 2.75) is 20.0 Å². The molecule has 1 unspecified atom stereocenters. The molecule has 13 heavy (non-hydrogen) atoms. The Morgan fingerprint density at radius 2 is 2.08 bits per heavy atom. The number of carbonyl (C=O) groups excluding carboxylic acids is 1. The Balaban J connectivity index is 3.95. The first-order valence-electron chi connectivity index (χ1n) is 4.54. The number of nitrogens with zero attached hydrogens (tertiary/aromatic N) is 1. The van der Waals surface area contributed by atoms with Crippen LogP contribution in [0.15, 0.2) is 0 Å². The quantitative estimate of drug-likeness (QED) is 0.452. The van der Waals surface area contributed by atoms with Gasteiger partial charge in [0.25, 0.3) is 0 Å². The minimum Gasteiger partial charge on any atom is -0.329 e. The van der Waals surface area contributed by atoms with Crippen molar-refractivity contribution in [2.75, 3.05) is 26.2 Å². The van der Waals surface area contributed by atoms with E-state index in [-0.39, 0.29) is 12.1 Å². The monoisotopic (exact) mass is 188 g/mol. The van der Waals surface area contributed by atoms with Gasteiger partial charge in [0.2, 0.25) is 5.91 Å². The molecule has 0 saturated carbocycles. The molecule has 0 rings (SSSR count). The predicted molar refractivity (Wildman–Crippen MR) is 53.0 cm³/mol. The van der Waals surface area contributed by atoms with Crippen LogP contribution in [0.25, 0.3) is 0 Å². The lowest BCUT2D eigenvalue weighted by Gasteiger charge is -2.28. The molecule has 1 atom stereocenters. The van der Waals surface area contributed by atoms with Gasteiger partial charge < -0.3 is 16.4 Å². The van der Waals surface area contributed by atoms with E-state index in [0.29, 0.717) is 26.2 Å². The lowest BCUT2D eigenvalue weighted by molar-refractivity contribution is -0.131. The van der Waals surface area contributed by atoms with E-state index in [1.165, 1.54) is 6.92 Å². The zero-order valence-electron chi connectivity index (χ0n) is 8.42. The first-order valence-corrected chi connectivity index (χ1v) is 4.54. The first kappa shape index (κ1) is 12.3. The normalized spacial score (nSPS) is 12.6. The fraction of sp³-hybridized carbons (Fsp3) is 0.875. The van der Waals surface area contributed by atoms with E-state index in [1.807, 2.05) is 6.92 Å². The topological polar surface area (TPSA) is 84.4 Å². The summed E-state index contributed by atoms with van der Waals surface area (Å²) in [5.41, 5.74) is 10.7. The summed E-state index contributed by atoms with van der Waals surface area (Å²) in [6, 6.07) is 0. The minimum atomic E-state index is 0.00426. The van der Waals surface area contributed by atoms with Crippen LogP contribution in [0.2, 0.25) is 0 Å². The number of hydrogen-bond donors (Lipinski definition) is 3. The van der Waals surface area contributed by atoms with Gasteiger partial charge in [0, 0.05) is 33.1 Å². The molecule has 0 heterocycles. The maximum atomic E-state index is 11.1. The summed E-state index contributed by atoms with van der Waals surface area (Å²) in [5, 5.41) is 3.12. The van der Waals surface area contributed by atoms with Crippen LogP contribution in [0.4, 0.5) is 0 Å². The van der Waals surface area contributed by atoms with Crippen molar-refractivity contribution < 1.29 is 4.79 Å². The first-order chi connectivity index (χ1) is 6.13. The Kier molecular flexibility index (Phi) is 6.48. The molecule has 5 N–H and O–H groups in total. The van der Waals surface area contributed by atoms with Crippen LogP contribution in [0.3, 0.4) is 0 Å². The van der Waals surface area contributed by atoms with Gasteiger partial charge in [-0.15, -0.1) is 0 Å². The molecule has 0 aromatic rings. The van der Waals surface area contributed by atoms with Crippen LogP contribution in [-0.2, 0) is 4.79 Å². The van der Waals surface area contributed by atoms with Gasteiger partial charge in [0.1, 0.15) is 0 Å². The van der Waals surface area contributed by atoms with Crippen molar-refractivity contribution in [1.29, 1.82) is 0 Å². The van der Waals surface area contributed by atoms with E-state index in [2.05, 4.69) is 5.32 Å². The molecule has 5 heteroatoms. The highest BCUT2D eigenvalue weighted by Crippen LogP contribution is 1.94. The zero-order chi connectivity index (χ0) is 10.3. The van der Waals surface area contributed by atoms with Crippen LogP contribution in [0.1, 0.15) is 13.8 Å². The largest absolute Gasteiger partial charge is 0.329 e. The van der Waals surface area contributed by atoms with Gasteiger partial charge in [-0.1, -0.05) is 0 Å². The standard InChI is InChI=1S/C8H20N4O/c1-7(11-5-3-9)12(6-4-10)8(2)13/h7,11H,3-6,9-10H2,1-2H3. The van der Waals surface area contributed by atoms with Gasteiger partial charge in [-0.25, -0.2) is 0 Å². The molecule has 0 aliphatic heterocycles. The Morgan fingerprint density at radius 1 is 1.46 bits per heavy atom. The third-order valence-corrected chi connectivity index (χ3v) is 1.83. The predicted octanol–water partition coefficient (Wildman–Crippen LogP) is -1.31. The van der Waals surface area contributed by atoms with Gasteiger partial charge in [0.05, 0.1) is 6.17 Å². The molecule has 0 saturated heterocycles. The maximum absolute atomic E-state index is 11.1. The zero-order valence-corrected chi connectivity index (χ0v) is 8.42. The Bertz CT molecular complexity index is 151. The SMILES string of the molecule is CC(=O)N(CCN)C(C)NCCN. The average Bonchev–Trinajstić information content (AvgIpc) is 2.09. The molecular weight excluding hydrogens is 168 g/mol. The van der Waals surface area contributed by atoms with E-state index in [1.54, 1.807) is 4.90 Å².